The number of piperidine rings is 1. The summed E-state index contributed by atoms with van der Waals surface area (Å²) in [5.74, 6) is 1.32. The van der Waals surface area contributed by atoms with E-state index in [4.69, 9.17) is 21.1 Å². The summed E-state index contributed by atoms with van der Waals surface area (Å²) in [6.45, 7) is 6.89. The molecule has 0 bridgehead atoms. The second-order valence-electron chi connectivity index (χ2n) is 8.37. The van der Waals surface area contributed by atoms with E-state index >= 15 is 0 Å². The molecule has 0 unspecified atom stereocenters. The number of ketones is 1. The van der Waals surface area contributed by atoms with Gasteiger partial charge in [-0.2, -0.15) is 0 Å². The number of fused-ring (bicyclic) bond motifs is 1. The molecule has 0 aliphatic carbocycles. The third-order valence-electron chi connectivity index (χ3n) is 6.14. The van der Waals surface area contributed by atoms with Gasteiger partial charge in [-0.15, -0.1) is 0 Å². The fraction of sp³-hybridized carbons (Fsp3) is 0.417. The minimum absolute atomic E-state index is 0.00949. The summed E-state index contributed by atoms with van der Waals surface area (Å²) in [5.41, 5.74) is 2.88. The first kappa shape index (κ1) is 20.7. The first-order valence-electron chi connectivity index (χ1n) is 10.3. The lowest BCUT2D eigenvalue weighted by Gasteiger charge is -2.44. The van der Waals surface area contributed by atoms with Crippen LogP contribution in [0.2, 0.25) is 5.02 Å². The van der Waals surface area contributed by atoms with Crippen LogP contribution in [0.5, 0.6) is 11.5 Å². The number of benzene rings is 2. The summed E-state index contributed by atoms with van der Waals surface area (Å²) >= 11 is 6.33. The molecule has 2 aromatic carbocycles. The summed E-state index contributed by atoms with van der Waals surface area (Å²) in [6.07, 6.45) is 1.56. The summed E-state index contributed by atoms with van der Waals surface area (Å²) in [5, 5.41) is 0.621. The van der Waals surface area contributed by atoms with Gasteiger partial charge in [-0.1, -0.05) is 29.3 Å². The summed E-state index contributed by atoms with van der Waals surface area (Å²) < 4.78 is 12.0. The highest BCUT2D eigenvalue weighted by atomic mass is 35.5. The number of amides is 1. The van der Waals surface area contributed by atoms with Crippen molar-refractivity contribution in [3.05, 3.63) is 57.6 Å². The van der Waals surface area contributed by atoms with Crippen molar-refractivity contribution in [1.82, 2.24) is 4.90 Å². The van der Waals surface area contributed by atoms with E-state index in [0.29, 0.717) is 54.4 Å². The fourth-order valence-corrected chi connectivity index (χ4v) is 4.46. The zero-order chi connectivity index (χ0) is 21.5. The van der Waals surface area contributed by atoms with Gasteiger partial charge in [0.15, 0.2) is 12.4 Å². The van der Waals surface area contributed by atoms with Gasteiger partial charge in [-0.05, 0) is 50.1 Å². The quantitative estimate of drug-likeness (QED) is 0.714. The van der Waals surface area contributed by atoms with E-state index in [2.05, 4.69) is 0 Å². The summed E-state index contributed by atoms with van der Waals surface area (Å²) in [6, 6.07) is 9.50. The molecule has 5 nitrogen and oxygen atoms in total. The number of hydrogen-bond acceptors (Lipinski definition) is 4. The van der Waals surface area contributed by atoms with Crippen LogP contribution in [-0.2, 0) is 4.79 Å². The zero-order valence-electron chi connectivity index (χ0n) is 17.6. The Kier molecular flexibility index (Phi) is 5.49. The molecule has 1 amide bonds. The Morgan fingerprint density at radius 2 is 1.83 bits per heavy atom. The summed E-state index contributed by atoms with van der Waals surface area (Å²) in [4.78, 5) is 27.3. The molecule has 2 aliphatic rings. The summed E-state index contributed by atoms with van der Waals surface area (Å²) in [7, 11) is 0. The predicted molar refractivity (Wildman–Crippen MR) is 116 cm³/mol. The number of aryl methyl sites for hydroxylation is 2. The number of halogens is 1. The van der Waals surface area contributed by atoms with Crippen LogP contribution in [0, 0.1) is 20.8 Å². The Labute approximate surface area is 181 Å². The molecule has 1 spiro atoms. The molecule has 30 heavy (non-hydrogen) atoms. The number of rotatable bonds is 3. The third-order valence-corrected chi connectivity index (χ3v) is 6.72. The molecule has 0 saturated carbocycles. The Morgan fingerprint density at radius 1 is 1.17 bits per heavy atom. The van der Waals surface area contributed by atoms with E-state index in [0.717, 1.165) is 16.7 Å². The lowest BCUT2D eigenvalue weighted by Crippen LogP contribution is -2.53. The normalized spacial score (nSPS) is 17.5. The highest BCUT2D eigenvalue weighted by molar-refractivity contribution is 6.32. The maximum Gasteiger partial charge on any atom is 0.260 e. The SMILES string of the molecule is Cc1ccc(OCC(=O)N2CCC3(CC2)CC(=O)c2c(cc(C)c(Cl)c2C)O3)cc1. The largest absolute Gasteiger partial charge is 0.486 e. The topological polar surface area (TPSA) is 55.8 Å². The molecule has 4 rings (SSSR count). The van der Waals surface area contributed by atoms with Gasteiger partial charge in [-0.25, -0.2) is 0 Å². The van der Waals surface area contributed by atoms with Crippen molar-refractivity contribution in [1.29, 1.82) is 0 Å². The molecule has 0 radical (unpaired) electrons. The fourth-order valence-electron chi connectivity index (χ4n) is 4.31. The number of hydrogen-bond donors (Lipinski definition) is 0. The molecule has 158 valence electrons. The molecule has 2 aliphatic heterocycles. The number of ether oxygens (including phenoxy) is 2. The van der Waals surface area contributed by atoms with Crippen LogP contribution in [0.4, 0.5) is 0 Å². The highest BCUT2D eigenvalue weighted by Gasteiger charge is 2.44. The Hall–Kier alpha value is -2.53. The maximum atomic E-state index is 12.9. The van der Waals surface area contributed by atoms with E-state index in [1.165, 1.54) is 0 Å². The molecular weight excluding hydrogens is 402 g/mol. The molecule has 0 aromatic heterocycles. The van der Waals surface area contributed by atoms with Gasteiger partial charge in [0.25, 0.3) is 5.91 Å². The van der Waals surface area contributed by atoms with E-state index in [1.807, 2.05) is 51.1 Å². The van der Waals surface area contributed by atoms with Crippen molar-refractivity contribution in [3.63, 3.8) is 0 Å². The Bertz CT molecular complexity index is 991. The van der Waals surface area contributed by atoms with E-state index in [9.17, 15) is 9.59 Å². The van der Waals surface area contributed by atoms with Gasteiger partial charge in [0.1, 0.15) is 17.1 Å². The Balaban J connectivity index is 1.40. The number of carbonyl (C=O) groups excluding carboxylic acids is 2. The third kappa shape index (κ3) is 3.91. The van der Waals surface area contributed by atoms with Crippen LogP contribution >= 0.6 is 11.6 Å². The second kappa shape index (κ2) is 7.95. The predicted octanol–water partition coefficient (Wildman–Crippen LogP) is 4.67. The van der Waals surface area contributed by atoms with Crippen molar-refractivity contribution in [2.75, 3.05) is 19.7 Å². The van der Waals surface area contributed by atoms with E-state index < -0.39 is 5.60 Å². The number of carbonyl (C=O) groups is 2. The molecule has 1 saturated heterocycles. The van der Waals surface area contributed by atoms with Crippen LogP contribution in [-0.4, -0.2) is 41.9 Å². The average Bonchev–Trinajstić information content (AvgIpc) is 2.71. The van der Waals surface area contributed by atoms with Crippen molar-refractivity contribution in [2.45, 2.75) is 45.6 Å². The van der Waals surface area contributed by atoms with Crippen LogP contribution in [0.15, 0.2) is 30.3 Å². The van der Waals surface area contributed by atoms with E-state index in [1.54, 1.807) is 4.90 Å². The first-order chi connectivity index (χ1) is 14.3. The highest BCUT2D eigenvalue weighted by Crippen LogP contribution is 2.43. The number of Topliss-reactive ketones (excluding diaryl/α,β-unsaturated/α-hetero) is 1. The molecule has 1 fully saturated rings. The van der Waals surface area contributed by atoms with Gasteiger partial charge in [-0.3, -0.25) is 9.59 Å². The van der Waals surface area contributed by atoms with Gasteiger partial charge < -0.3 is 14.4 Å². The van der Waals surface area contributed by atoms with Crippen LogP contribution in [0.3, 0.4) is 0 Å². The zero-order valence-corrected chi connectivity index (χ0v) is 18.3. The van der Waals surface area contributed by atoms with Crippen molar-refractivity contribution < 1.29 is 19.1 Å². The van der Waals surface area contributed by atoms with Crippen LogP contribution in [0.25, 0.3) is 0 Å². The van der Waals surface area contributed by atoms with Crippen molar-refractivity contribution >= 4 is 23.3 Å². The molecule has 0 N–H and O–H groups in total. The second-order valence-corrected chi connectivity index (χ2v) is 8.75. The van der Waals surface area contributed by atoms with Crippen LogP contribution < -0.4 is 9.47 Å². The lowest BCUT2D eigenvalue weighted by atomic mass is 9.81. The Morgan fingerprint density at radius 3 is 2.50 bits per heavy atom. The molecule has 0 atom stereocenters. The minimum Gasteiger partial charge on any atom is -0.486 e. The van der Waals surface area contributed by atoms with Gasteiger partial charge in [0, 0.05) is 31.0 Å². The monoisotopic (exact) mass is 427 g/mol. The van der Waals surface area contributed by atoms with Gasteiger partial charge >= 0.3 is 0 Å². The van der Waals surface area contributed by atoms with Gasteiger partial charge in [0.05, 0.1) is 12.0 Å². The van der Waals surface area contributed by atoms with Crippen molar-refractivity contribution in [3.8, 4) is 11.5 Å². The maximum absolute atomic E-state index is 12.9. The minimum atomic E-state index is -0.550. The van der Waals surface area contributed by atoms with Crippen LogP contribution in [0.1, 0.15) is 46.3 Å². The molecule has 2 aromatic rings. The van der Waals surface area contributed by atoms with Gasteiger partial charge in [0.2, 0.25) is 0 Å². The lowest BCUT2D eigenvalue weighted by molar-refractivity contribution is -0.136. The standard InChI is InChI=1S/C24H26ClNO4/c1-15-4-6-18(7-5-15)29-14-21(28)26-10-8-24(9-11-26)13-19(27)22-17(3)23(25)16(2)12-20(22)30-24/h4-7,12H,8-11,13-14H2,1-3H3. The average molecular weight is 428 g/mol. The smallest absolute Gasteiger partial charge is 0.260 e. The molecular formula is C24H26ClNO4. The molecule has 2 heterocycles. The van der Waals surface area contributed by atoms with Crippen molar-refractivity contribution in [2.24, 2.45) is 0 Å². The first-order valence-corrected chi connectivity index (χ1v) is 10.6. The number of nitrogens with zero attached hydrogens (tertiary/aromatic N) is 1. The molecule has 6 heteroatoms. The number of likely N-dealkylation sites (tertiary alicyclic amines) is 1. The van der Waals surface area contributed by atoms with E-state index in [-0.39, 0.29) is 18.3 Å².